The minimum Gasteiger partial charge on any atom is -0.352 e. The zero-order valence-corrected chi connectivity index (χ0v) is 21.3. The van der Waals surface area contributed by atoms with Gasteiger partial charge in [0.15, 0.2) is 5.65 Å². The molecule has 0 unspecified atom stereocenters. The van der Waals surface area contributed by atoms with Gasteiger partial charge in [-0.3, -0.25) is 14.9 Å². The van der Waals surface area contributed by atoms with Crippen LogP contribution in [0.4, 0.5) is 15.9 Å². The van der Waals surface area contributed by atoms with Crippen molar-refractivity contribution < 1.29 is 14.1 Å². The first kappa shape index (κ1) is 25.2. The Morgan fingerprint density at radius 2 is 1.71 bits per heavy atom. The van der Waals surface area contributed by atoms with Crippen LogP contribution in [0.3, 0.4) is 0 Å². The van der Waals surface area contributed by atoms with E-state index in [1.54, 1.807) is 21.7 Å². The Balaban J connectivity index is 1.43. The second-order valence-electron chi connectivity index (χ2n) is 9.32. The minimum atomic E-state index is -0.482. The standard InChI is InChI=1S/C27H28FN7O3/c1-3-4-5-23-29-25(24-18(2)31-34(26(24)30-23)21-12-8-20(28)9-13-21)32-14-16-33(17-15-32)27(36)19-6-10-22(11-7-19)35(37)38/h6-13H,3-5,14-17H2,1-2H3. The van der Waals surface area contributed by atoms with E-state index in [0.29, 0.717) is 43.1 Å². The first-order valence-corrected chi connectivity index (χ1v) is 12.7. The maximum absolute atomic E-state index is 13.6. The Morgan fingerprint density at radius 1 is 1.03 bits per heavy atom. The monoisotopic (exact) mass is 517 g/mol. The first-order valence-electron chi connectivity index (χ1n) is 12.7. The second kappa shape index (κ2) is 10.5. The molecule has 10 nitrogen and oxygen atoms in total. The molecule has 2 aromatic heterocycles. The molecule has 1 amide bonds. The molecule has 38 heavy (non-hydrogen) atoms. The van der Waals surface area contributed by atoms with Gasteiger partial charge in [0.25, 0.3) is 11.6 Å². The van der Waals surface area contributed by atoms with E-state index in [0.717, 1.165) is 42.0 Å². The zero-order valence-electron chi connectivity index (χ0n) is 21.3. The van der Waals surface area contributed by atoms with Crippen molar-refractivity contribution in [2.24, 2.45) is 0 Å². The van der Waals surface area contributed by atoms with Gasteiger partial charge in [0.2, 0.25) is 0 Å². The summed E-state index contributed by atoms with van der Waals surface area (Å²) < 4.78 is 15.3. The van der Waals surface area contributed by atoms with Gasteiger partial charge in [0.1, 0.15) is 17.5 Å². The molecule has 1 aliphatic rings. The van der Waals surface area contributed by atoms with Gasteiger partial charge in [-0.15, -0.1) is 0 Å². The van der Waals surface area contributed by atoms with E-state index >= 15 is 0 Å². The number of benzene rings is 2. The Labute approximate surface area is 218 Å². The average molecular weight is 518 g/mol. The van der Waals surface area contributed by atoms with Gasteiger partial charge in [-0.25, -0.2) is 19.0 Å². The van der Waals surface area contributed by atoms with Gasteiger partial charge < -0.3 is 9.80 Å². The normalized spacial score (nSPS) is 13.8. The fraction of sp³-hybridized carbons (Fsp3) is 0.333. The molecule has 1 fully saturated rings. The average Bonchev–Trinajstić information content (AvgIpc) is 3.27. The number of nitrogens with zero attached hydrogens (tertiary/aromatic N) is 7. The van der Waals surface area contributed by atoms with Crippen molar-refractivity contribution in [1.82, 2.24) is 24.6 Å². The zero-order chi connectivity index (χ0) is 26.8. The molecule has 0 aliphatic carbocycles. The molecule has 5 rings (SSSR count). The van der Waals surface area contributed by atoms with Crippen molar-refractivity contribution >= 4 is 28.4 Å². The maximum atomic E-state index is 13.6. The lowest BCUT2D eigenvalue weighted by Crippen LogP contribution is -2.49. The highest BCUT2D eigenvalue weighted by Gasteiger charge is 2.27. The lowest BCUT2D eigenvalue weighted by atomic mass is 10.1. The van der Waals surface area contributed by atoms with Crippen LogP contribution in [-0.2, 0) is 6.42 Å². The van der Waals surface area contributed by atoms with Gasteiger partial charge in [-0.2, -0.15) is 5.10 Å². The summed E-state index contributed by atoms with van der Waals surface area (Å²) in [6, 6.07) is 11.8. The fourth-order valence-corrected chi connectivity index (χ4v) is 4.67. The molecule has 2 aromatic carbocycles. The number of piperazine rings is 1. The molecule has 0 radical (unpaired) electrons. The van der Waals surface area contributed by atoms with Crippen LogP contribution in [-0.4, -0.2) is 61.7 Å². The number of hydrogen-bond donors (Lipinski definition) is 0. The maximum Gasteiger partial charge on any atom is 0.269 e. The molecule has 0 atom stereocenters. The molecule has 0 bridgehead atoms. The summed E-state index contributed by atoms with van der Waals surface area (Å²) in [6.45, 7) is 6.13. The van der Waals surface area contributed by atoms with Gasteiger partial charge in [0, 0.05) is 50.3 Å². The summed E-state index contributed by atoms with van der Waals surface area (Å²) in [6.07, 6.45) is 2.69. The molecule has 0 N–H and O–H groups in total. The highest BCUT2D eigenvalue weighted by atomic mass is 19.1. The summed E-state index contributed by atoms with van der Waals surface area (Å²) in [7, 11) is 0. The van der Waals surface area contributed by atoms with Gasteiger partial charge in [-0.1, -0.05) is 13.3 Å². The van der Waals surface area contributed by atoms with E-state index in [-0.39, 0.29) is 17.4 Å². The van der Waals surface area contributed by atoms with Crippen molar-refractivity contribution in [3.8, 4) is 5.69 Å². The van der Waals surface area contributed by atoms with Crippen molar-refractivity contribution in [2.45, 2.75) is 33.1 Å². The quantitative estimate of drug-likeness (QED) is 0.263. The molecule has 196 valence electrons. The third-order valence-electron chi connectivity index (χ3n) is 6.75. The number of amides is 1. The highest BCUT2D eigenvalue weighted by molar-refractivity contribution is 5.95. The minimum absolute atomic E-state index is 0.0467. The van der Waals surface area contributed by atoms with E-state index < -0.39 is 4.92 Å². The number of unbranched alkanes of at least 4 members (excludes halogenated alkanes) is 1. The van der Waals surface area contributed by atoms with Crippen LogP contribution >= 0.6 is 0 Å². The number of carbonyl (C=O) groups is 1. The van der Waals surface area contributed by atoms with Gasteiger partial charge >= 0.3 is 0 Å². The van der Waals surface area contributed by atoms with Crippen LogP contribution in [0, 0.1) is 22.9 Å². The second-order valence-corrected chi connectivity index (χ2v) is 9.32. The molecule has 0 saturated carbocycles. The summed E-state index contributed by atoms with van der Waals surface area (Å²) in [4.78, 5) is 37.1. The summed E-state index contributed by atoms with van der Waals surface area (Å²) in [5, 5.41) is 16.5. The van der Waals surface area contributed by atoms with Crippen molar-refractivity contribution in [3.63, 3.8) is 0 Å². The van der Waals surface area contributed by atoms with Crippen LogP contribution in [0.2, 0.25) is 0 Å². The number of aromatic nitrogens is 4. The Morgan fingerprint density at radius 3 is 2.34 bits per heavy atom. The largest absolute Gasteiger partial charge is 0.352 e. The number of anilines is 1. The van der Waals surface area contributed by atoms with E-state index in [4.69, 9.17) is 15.1 Å². The Hall–Kier alpha value is -4.41. The van der Waals surface area contributed by atoms with Gasteiger partial charge in [-0.05, 0) is 49.7 Å². The van der Waals surface area contributed by atoms with Gasteiger partial charge in [0.05, 0.1) is 21.7 Å². The predicted octanol–water partition coefficient (Wildman–Crippen LogP) is 4.48. The number of carbonyl (C=O) groups excluding carboxylic acids is 1. The van der Waals surface area contributed by atoms with Crippen molar-refractivity contribution in [3.05, 3.63) is 81.5 Å². The topological polar surface area (TPSA) is 110 Å². The van der Waals surface area contributed by atoms with Crippen molar-refractivity contribution in [1.29, 1.82) is 0 Å². The molecular formula is C27H28FN7O3. The highest BCUT2D eigenvalue weighted by Crippen LogP contribution is 2.30. The van der Waals surface area contributed by atoms with Crippen LogP contribution in [0.25, 0.3) is 16.7 Å². The number of non-ortho nitro benzene ring substituents is 1. The number of fused-ring (bicyclic) bond motifs is 1. The molecule has 4 aromatic rings. The predicted molar refractivity (Wildman–Crippen MR) is 141 cm³/mol. The van der Waals surface area contributed by atoms with E-state index in [9.17, 15) is 19.3 Å². The number of nitro benzene ring substituents is 1. The number of halogens is 1. The first-order chi connectivity index (χ1) is 18.4. The van der Waals surface area contributed by atoms with Crippen molar-refractivity contribution in [2.75, 3.05) is 31.1 Å². The lowest BCUT2D eigenvalue weighted by molar-refractivity contribution is -0.384. The summed E-state index contributed by atoms with van der Waals surface area (Å²) in [5.74, 6) is 1.04. The van der Waals surface area contributed by atoms with E-state index in [1.807, 2.05) is 6.92 Å². The number of nitro groups is 1. The molecule has 11 heteroatoms. The fourth-order valence-electron chi connectivity index (χ4n) is 4.67. The molecule has 3 heterocycles. The lowest BCUT2D eigenvalue weighted by Gasteiger charge is -2.35. The molecule has 1 saturated heterocycles. The molecule has 0 spiro atoms. The van der Waals surface area contributed by atoms with Crippen LogP contribution < -0.4 is 4.90 Å². The summed E-state index contributed by atoms with van der Waals surface area (Å²) >= 11 is 0. The van der Waals surface area contributed by atoms with E-state index in [1.165, 1.54) is 36.4 Å². The number of aryl methyl sites for hydroxylation is 2. The third kappa shape index (κ3) is 4.91. The molecule has 1 aliphatic heterocycles. The molecular weight excluding hydrogens is 489 g/mol. The smallest absolute Gasteiger partial charge is 0.269 e. The van der Waals surface area contributed by atoms with Crippen LogP contribution in [0.5, 0.6) is 0 Å². The summed E-state index contributed by atoms with van der Waals surface area (Å²) in [5.41, 5.74) is 2.54. The van der Waals surface area contributed by atoms with E-state index in [2.05, 4.69) is 11.8 Å². The van der Waals surface area contributed by atoms with Crippen LogP contribution in [0.15, 0.2) is 48.5 Å². The Bertz CT molecular complexity index is 1480. The number of hydrogen-bond acceptors (Lipinski definition) is 7. The number of rotatable bonds is 7. The SMILES string of the molecule is CCCCc1nc(N2CCN(C(=O)c3ccc([N+](=O)[O-])cc3)CC2)c2c(C)nn(-c3ccc(F)cc3)c2n1. The third-order valence-corrected chi connectivity index (χ3v) is 6.75. The Kier molecular flexibility index (Phi) is 6.99. The van der Waals surface area contributed by atoms with Crippen LogP contribution in [0.1, 0.15) is 41.6 Å².